The van der Waals surface area contributed by atoms with Gasteiger partial charge in [-0.15, -0.1) is 0 Å². The number of para-hydroxylation sites is 1. The molecule has 2 aromatic rings. The second-order valence-electron chi connectivity index (χ2n) is 6.70. The van der Waals surface area contributed by atoms with E-state index >= 15 is 0 Å². The summed E-state index contributed by atoms with van der Waals surface area (Å²) in [4.78, 5) is 14.7. The SMILES string of the molecule is Cc1ccccc1OCC(=O)N1CCC[C@@H]1c1ccc2c(c1)OCCO2. The molecule has 0 bridgehead atoms. The Morgan fingerprint density at radius 2 is 1.96 bits per heavy atom. The van der Waals surface area contributed by atoms with Gasteiger partial charge in [0.1, 0.15) is 19.0 Å². The minimum atomic E-state index is 0.0191. The van der Waals surface area contributed by atoms with Crippen molar-refractivity contribution in [1.82, 2.24) is 4.90 Å². The van der Waals surface area contributed by atoms with Gasteiger partial charge in [-0.1, -0.05) is 24.3 Å². The van der Waals surface area contributed by atoms with Crippen molar-refractivity contribution in [2.24, 2.45) is 0 Å². The normalized spacial score (nSPS) is 18.7. The fourth-order valence-electron chi connectivity index (χ4n) is 3.62. The maximum Gasteiger partial charge on any atom is 0.261 e. The summed E-state index contributed by atoms with van der Waals surface area (Å²) < 4.78 is 17.0. The van der Waals surface area contributed by atoms with Crippen molar-refractivity contribution in [3.05, 3.63) is 53.6 Å². The zero-order chi connectivity index (χ0) is 17.9. The number of ether oxygens (including phenoxy) is 3. The van der Waals surface area contributed by atoms with Crippen LogP contribution in [0.4, 0.5) is 0 Å². The van der Waals surface area contributed by atoms with Crippen molar-refractivity contribution in [3.8, 4) is 17.2 Å². The van der Waals surface area contributed by atoms with E-state index in [-0.39, 0.29) is 18.6 Å². The molecule has 1 atom stereocenters. The summed E-state index contributed by atoms with van der Waals surface area (Å²) in [5.74, 6) is 2.32. The Balaban J connectivity index is 1.46. The minimum Gasteiger partial charge on any atom is -0.486 e. The largest absolute Gasteiger partial charge is 0.486 e. The summed E-state index contributed by atoms with van der Waals surface area (Å²) in [5.41, 5.74) is 2.13. The highest BCUT2D eigenvalue weighted by molar-refractivity contribution is 5.78. The Bertz CT molecular complexity index is 804. The lowest BCUT2D eigenvalue weighted by molar-refractivity contribution is -0.134. The van der Waals surface area contributed by atoms with E-state index in [1.807, 2.05) is 54.3 Å². The predicted octanol–water partition coefficient (Wildman–Crippen LogP) is 3.51. The van der Waals surface area contributed by atoms with Crippen LogP contribution in [0.3, 0.4) is 0 Å². The molecular formula is C21H23NO4. The van der Waals surface area contributed by atoms with Gasteiger partial charge in [0.05, 0.1) is 6.04 Å². The number of amides is 1. The molecule has 0 saturated carbocycles. The third kappa shape index (κ3) is 3.34. The van der Waals surface area contributed by atoms with Gasteiger partial charge in [-0.05, 0) is 49.1 Å². The van der Waals surface area contributed by atoms with Crippen molar-refractivity contribution in [2.75, 3.05) is 26.4 Å². The number of nitrogens with zero attached hydrogens (tertiary/aromatic N) is 1. The molecule has 1 amide bonds. The number of hydrogen-bond donors (Lipinski definition) is 0. The van der Waals surface area contributed by atoms with Crippen molar-refractivity contribution < 1.29 is 19.0 Å². The van der Waals surface area contributed by atoms with E-state index in [1.165, 1.54) is 0 Å². The molecule has 1 saturated heterocycles. The summed E-state index contributed by atoms with van der Waals surface area (Å²) in [5, 5.41) is 0. The second kappa shape index (κ2) is 7.28. The molecule has 0 aliphatic carbocycles. The van der Waals surface area contributed by atoms with Crippen molar-refractivity contribution >= 4 is 5.91 Å². The van der Waals surface area contributed by atoms with Crippen molar-refractivity contribution in [1.29, 1.82) is 0 Å². The molecule has 2 heterocycles. The molecule has 2 aliphatic heterocycles. The maximum absolute atomic E-state index is 12.7. The molecule has 0 N–H and O–H groups in total. The number of fused-ring (bicyclic) bond motifs is 1. The molecule has 0 aromatic heterocycles. The Labute approximate surface area is 153 Å². The van der Waals surface area contributed by atoms with Gasteiger partial charge < -0.3 is 19.1 Å². The molecule has 4 rings (SSSR count). The fourth-order valence-corrected chi connectivity index (χ4v) is 3.62. The van der Waals surface area contributed by atoms with Gasteiger partial charge >= 0.3 is 0 Å². The van der Waals surface area contributed by atoms with Crippen LogP contribution in [0.1, 0.15) is 30.0 Å². The van der Waals surface area contributed by atoms with Gasteiger partial charge in [0.2, 0.25) is 0 Å². The number of hydrogen-bond acceptors (Lipinski definition) is 4. The lowest BCUT2D eigenvalue weighted by Crippen LogP contribution is -2.34. The molecule has 26 heavy (non-hydrogen) atoms. The first kappa shape index (κ1) is 16.8. The molecule has 0 radical (unpaired) electrons. The van der Waals surface area contributed by atoms with E-state index in [0.717, 1.165) is 47.8 Å². The van der Waals surface area contributed by atoms with Crippen LogP contribution in [0, 0.1) is 6.92 Å². The lowest BCUT2D eigenvalue weighted by Gasteiger charge is -2.27. The highest BCUT2D eigenvalue weighted by Gasteiger charge is 2.31. The first-order valence-corrected chi connectivity index (χ1v) is 9.10. The number of rotatable bonds is 4. The van der Waals surface area contributed by atoms with Gasteiger partial charge in [0.15, 0.2) is 18.1 Å². The third-order valence-electron chi connectivity index (χ3n) is 4.97. The Morgan fingerprint density at radius 3 is 2.81 bits per heavy atom. The van der Waals surface area contributed by atoms with Crippen LogP contribution >= 0.6 is 0 Å². The smallest absolute Gasteiger partial charge is 0.261 e. The van der Waals surface area contributed by atoms with E-state index in [0.29, 0.717) is 13.2 Å². The molecule has 0 unspecified atom stereocenters. The highest BCUT2D eigenvalue weighted by atomic mass is 16.6. The average molecular weight is 353 g/mol. The van der Waals surface area contributed by atoms with Crippen molar-refractivity contribution in [3.63, 3.8) is 0 Å². The molecule has 2 aromatic carbocycles. The molecular weight excluding hydrogens is 330 g/mol. The topological polar surface area (TPSA) is 48.0 Å². The molecule has 5 heteroatoms. The van der Waals surface area contributed by atoms with E-state index in [1.54, 1.807) is 0 Å². The number of likely N-dealkylation sites (tertiary alicyclic amines) is 1. The fraction of sp³-hybridized carbons (Fsp3) is 0.381. The number of aryl methyl sites for hydroxylation is 1. The highest BCUT2D eigenvalue weighted by Crippen LogP contribution is 2.38. The van der Waals surface area contributed by atoms with Gasteiger partial charge in [-0.2, -0.15) is 0 Å². The van der Waals surface area contributed by atoms with Crippen LogP contribution < -0.4 is 14.2 Å². The zero-order valence-electron chi connectivity index (χ0n) is 14.9. The van der Waals surface area contributed by atoms with Crippen LogP contribution in [-0.2, 0) is 4.79 Å². The predicted molar refractivity (Wildman–Crippen MR) is 97.8 cm³/mol. The van der Waals surface area contributed by atoms with Crippen LogP contribution in [0.25, 0.3) is 0 Å². The maximum atomic E-state index is 12.7. The summed E-state index contributed by atoms with van der Waals surface area (Å²) in [6, 6.07) is 13.8. The van der Waals surface area contributed by atoms with Gasteiger partial charge in [0, 0.05) is 6.54 Å². The molecule has 1 fully saturated rings. The Hall–Kier alpha value is -2.69. The average Bonchev–Trinajstić information content (AvgIpc) is 3.17. The Kier molecular flexibility index (Phi) is 4.69. The quantitative estimate of drug-likeness (QED) is 0.844. The standard InChI is InChI=1S/C21H23NO4/c1-15-5-2-3-7-18(15)26-14-21(23)22-10-4-6-17(22)16-8-9-19-20(13-16)25-12-11-24-19/h2-3,5,7-9,13,17H,4,6,10-12,14H2,1H3/t17-/m1/s1. The van der Waals surface area contributed by atoms with E-state index < -0.39 is 0 Å². The van der Waals surface area contributed by atoms with E-state index in [4.69, 9.17) is 14.2 Å². The van der Waals surface area contributed by atoms with Crippen molar-refractivity contribution in [2.45, 2.75) is 25.8 Å². The molecule has 5 nitrogen and oxygen atoms in total. The summed E-state index contributed by atoms with van der Waals surface area (Å²) >= 11 is 0. The van der Waals surface area contributed by atoms with Crippen LogP contribution in [0.5, 0.6) is 17.2 Å². The molecule has 0 spiro atoms. The summed E-state index contributed by atoms with van der Waals surface area (Å²) in [6.07, 6.45) is 1.95. The zero-order valence-corrected chi connectivity index (χ0v) is 14.9. The monoisotopic (exact) mass is 353 g/mol. The van der Waals surface area contributed by atoms with Gasteiger partial charge in [-0.25, -0.2) is 0 Å². The number of carbonyl (C=O) groups excluding carboxylic acids is 1. The van der Waals surface area contributed by atoms with E-state index in [2.05, 4.69) is 0 Å². The summed E-state index contributed by atoms with van der Waals surface area (Å²) in [7, 11) is 0. The minimum absolute atomic E-state index is 0.0191. The first-order chi connectivity index (χ1) is 12.7. The van der Waals surface area contributed by atoms with Crippen LogP contribution in [-0.4, -0.2) is 37.2 Å². The third-order valence-corrected chi connectivity index (χ3v) is 4.97. The van der Waals surface area contributed by atoms with E-state index in [9.17, 15) is 4.79 Å². The van der Waals surface area contributed by atoms with Gasteiger partial charge in [0.25, 0.3) is 5.91 Å². The van der Waals surface area contributed by atoms with Crippen LogP contribution in [0.15, 0.2) is 42.5 Å². The second-order valence-corrected chi connectivity index (χ2v) is 6.70. The van der Waals surface area contributed by atoms with Gasteiger partial charge in [-0.3, -0.25) is 4.79 Å². The molecule has 136 valence electrons. The molecule has 2 aliphatic rings. The number of benzene rings is 2. The van der Waals surface area contributed by atoms with Crippen LogP contribution in [0.2, 0.25) is 0 Å². The Morgan fingerprint density at radius 1 is 1.15 bits per heavy atom. The summed E-state index contributed by atoms with van der Waals surface area (Å²) in [6.45, 7) is 3.94. The lowest BCUT2D eigenvalue weighted by atomic mass is 10.0. The number of carbonyl (C=O) groups is 1. The first-order valence-electron chi connectivity index (χ1n) is 9.10.